The molecule has 0 atom stereocenters. The van der Waals surface area contributed by atoms with Crippen molar-refractivity contribution in [3.63, 3.8) is 0 Å². The zero-order valence-corrected chi connectivity index (χ0v) is 24.6. The molecule has 206 valence electrons. The van der Waals surface area contributed by atoms with Gasteiger partial charge in [0.1, 0.15) is 0 Å². The molecule has 0 unspecified atom stereocenters. The molecular weight excluding hydrogens is 474 g/mol. The fourth-order valence-corrected chi connectivity index (χ4v) is 5.29. The van der Waals surface area contributed by atoms with Crippen molar-refractivity contribution in [3.05, 3.63) is 119 Å². The van der Waals surface area contributed by atoms with Crippen LogP contribution in [-0.4, -0.2) is 12.3 Å². The molecule has 2 aliphatic rings. The molecule has 39 heavy (non-hydrogen) atoms. The average molecular weight is 522 g/mol. The number of hydrogen-bond acceptors (Lipinski definition) is 3. The van der Waals surface area contributed by atoms with Gasteiger partial charge in [-0.05, 0) is 117 Å². The second kappa shape index (κ2) is 15.1. The summed E-state index contributed by atoms with van der Waals surface area (Å²) in [7, 11) is 0. The maximum Gasteiger partial charge on any atom is 0.0696 e. The first-order valence-electron chi connectivity index (χ1n) is 14.6. The Morgan fingerprint density at radius 1 is 0.974 bits per heavy atom. The van der Waals surface area contributed by atoms with Crippen molar-refractivity contribution >= 4 is 17.1 Å². The molecule has 1 heterocycles. The Hall–Kier alpha value is -3.59. The largest absolute Gasteiger partial charge is 0.399 e. The summed E-state index contributed by atoms with van der Waals surface area (Å²) < 4.78 is 0. The van der Waals surface area contributed by atoms with Crippen molar-refractivity contribution in [2.24, 2.45) is 4.99 Å². The van der Waals surface area contributed by atoms with Crippen molar-refractivity contribution < 1.29 is 0 Å². The molecule has 3 heteroatoms. The first-order valence-corrected chi connectivity index (χ1v) is 14.6. The van der Waals surface area contributed by atoms with E-state index in [1.54, 1.807) is 0 Å². The summed E-state index contributed by atoms with van der Waals surface area (Å²) in [5.41, 5.74) is 18.5. The van der Waals surface area contributed by atoms with Crippen LogP contribution in [0.5, 0.6) is 0 Å². The number of aryl methyl sites for hydroxylation is 2. The van der Waals surface area contributed by atoms with Crippen LogP contribution in [0.15, 0.2) is 102 Å². The van der Waals surface area contributed by atoms with Crippen LogP contribution in [0.3, 0.4) is 0 Å². The summed E-state index contributed by atoms with van der Waals surface area (Å²) in [4.78, 5) is 7.57. The number of hydrogen-bond donors (Lipinski definition) is 1. The van der Waals surface area contributed by atoms with Crippen LogP contribution >= 0.6 is 0 Å². The maximum atomic E-state index is 5.94. The van der Waals surface area contributed by atoms with Gasteiger partial charge in [-0.15, -0.1) is 6.58 Å². The molecule has 0 bridgehead atoms. The van der Waals surface area contributed by atoms with Crippen LogP contribution in [0.4, 0.5) is 11.4 Å². The molecule has 0 saturated carbocycles. The van der Waals surface area contributed by atoms with Crippen LogP contribution in [0.2, 0.25) is 0 Å². The lowest BCUT2D eigenvalue weighted by atomic mass is 9.87. The number of nitrogens with two attached hydrogens (primary N) is 1. The molecule has 0 fully saturated rings. The lowest BCUT2D eigenvalue weighted by Gasteiger charge is -2.33. The minimum absolute atomic E-state index is 0.809. The van der Waals surface area contributed by atoms with Gasteiger partial charge in [0.05, 0.1) is 5.71 Å². The molecule has 2 N–H and O–H groups in total. The number of allylic oxidation sites excluding steroid dienone is 8. The summed E-state index contributed by atoms with van der Waals surface area (Å²) in [5.74, 6) is 0. The molecule has 1 aliphatic heterocycles. The zero-order valence-electron chi connectivity index (χ0n) is 24.6. The van der Waals surface area contributed by atoms with E-state index in [4.69, 9.17) is 10.7 Å². The molecule has 2 aromatic carbocycles. The highest BCUT2D eigenvalue weighted by atomic mass is 15.1. The number of nitrogen functional groups attached to an aromatic ring is 1. The van der Waals surface area contributed by atoms with Gasteiger partial charge < -0.3 is 10.6 Å². The highest BCUT2D eigenvalue weighted by molar-refractivity contribution is 6.10. The van der Waals surface area contributed by atoms with E-state index in [0.29, 0.717) is 0 Å². The van der Waals surface area contributed by atoms with Crippen LogP contribution in [-0.2, 0) is 25.8 Å². The van der Waals surface area contributed by atoms with E-state index >= 15 is 0 Å². The smallest absolute Gasteiger partial charge is 0.0696 e. The third kappa shape index (κ3) is 7.95. The van der Waals surface area contributed by atoms with Gasteiger partial charge in [0.2, 0.25) is 0 Å². The van der Waals surface area contributed by atoms with Gasteiger partial charge in [0, 0.05) is 30.2 Å². The normalized spacial score (nSPS) is 14.5. The van der Waals surface area contributed by atoms with Crippen molar-refractivity contribution in [3.8, 4) is 0 Å². The number of rotatable bonds is 10. The number of fused-ring (bicyclic) bond motifs is 1. The standard InChI is InChI=1S/C34H41N3.C2H6/c1-5-7-11-26-14-15-27(31-22-23-37(24-32(26)31)30-19-17-29(35)18-20-30)16-21-34(25(3)4)36-33(6-2)28-12-9-8-10-13-28;1-2/h5-6,9,12-15,17-20H,1-2,7-8,10-11,16,21-24,35H2,3-4H3;1-2H3. The predicted molar refractivity (Wildman–Crippen MR) is 173 cm³/mol. The second-order valence-electron chi connectivity index (χ2n) is 10.2. The van der Waals surface area contributed by atoms with Gasteiger partial charge in [-0.25, -0.2) is 0 Å². The van der Waals surface area contributed by atoms with Crippen molar-refractivity contribution in [1.82, 2.24) is 0 Å². The van der Waals surface area contributed by atoms with Gasteiger partial charge >= 0.3 is 0 Å². The minimum atomic E-state index is 0.809. The Morgan fingerprint density at radius 2 is 1.69 bits per heavy atom. The highest BCUT2D eigenvalue weighted by Crippen LogP contribution is 2.32. The molecule has 3 nitrogen and oxygen atoms in total. The number of anilines is 2. The summed E-state index contributed by atoms with van der Waals surface area (Å²) >= 11 is 0. The zero-order chi connectivity index (χ0) is 28.2. The Bertz CT molecular complexity index is 1250. The SMILES string of the molecule is C=CCCc1ccc(CCC(N=C(C=C)C2=CCCC=C2)=C(C)C)c2c1CN(c1ccc(N)cc1)CC2.CC. The molecule has 0 saturated heterocycles. The van der Waals surface area contributed by atoms with E-state index in [9.17, 15) is 0 Å². The molecule has 0 radical (unpaired) electrons. The lowest BCUT2D eigenvalue weighted by molar-refractivity contribution is 0.710. The first-order chi connectivity index (χ1) is 19.0. The van der Waals surface area contributed by atoms with Gasteiger partial charge in [-0.2, -0.15) is 0 Å². The fourth-order valence-electron chi connectivity index (χ4n) is 5.29. The van der Waals surface area contributed by atoms with E-state index in [2.05, 4.69) is 74.4 Å². The van der Waals surface area contributed by atoms with Crippen LogP contribution in [0.25, 0.3) is 0 Å². The Kier molecular flexibility index (Phi) is 11.6. The summed E-state index contributed by atoms with van der Waals surface area (Å²) in [5, 5.41) is 0. The maximum absolute atomic E-state index is 5.94. The third-order valence-electron chi connectivity index (χ3n) is 7.43. The highest BCUT2D eigenvalue weighted by Gasteiger charge is 2.22. The Balaban J connectivity index is 0.00000205. The van der Waals surface area contributed by atoms with Crippen LogP contribution in [0.1, 0.15) is 75.6 Å². The summed E-state index contributed by atoms with van der Waals surface area (Å²) in [6, 6.07) is 13.0. The third-order valence-corrected chi connectivity index (χ3v) is 7.43. The number of aliphatic imine (C=N–C) groups is 1. The number of nitrogens with zero attached hydrogens (tertiary/aromatic N) is 2. The van der Waals surface area contributed by atoms with Crippen molar-refractivity contribution in [1.29, 1.82) is 0 Å². The van der Waals surface area contributed by atoms with Gasteiger partial charge in [-0.3, -0.25) is 4.99 Å². The van der Waals surface area contributed by atoms with Crippen LogP contribution in [0, 0.1) is 0 Å². The molecular formula is C36H47N3. The van der Waals surface area contributed by atoms with E-state index in [-0.39, 0.29) is 0 Å². The van der Waals surface area contributed by atoms with Gasteiger partial charge in [0.25, 0.3) is 0 Å². The van der Waals surface area contributed by atoms with Gasteiger partial charge in [0.15, 0.2) is 0 Å². The minimum Gasteiger partial charge on any atom is -0.399 e. The van der Waals surface area contributed by atoms with Gasteiger partial charge in [-0.1, -0.05) is 62.4 Å². The second-order valence-corrected chi connectivity index (χ2v) is 10.2. The number of benzene rings is 2. The Labute approximate surface area is 237 Å². The van der Waals surface area contributed by atoms with E-state index in [1.807, 2.05) is 38.1 Å². The lowest BCUT2D eigenvalue weighted by Crippen LogP contribution is -2.32. The average Bonchev–Trinajstić information content (AvgIpc) is 2.98. The molecule has 4 rings (SSSR count). The van der Waals surface area contributed by atoms with E-state index in [1.165, 1.54) is 44.8 Å². The van der Waals surface area contributed by atoms with Crippen molar-refractivity contribution in [2.45, 2.75) is 79.2 Å². The van der Waals surface area contributed by atoms with E-state index in [0.717, 1.165) is 69.4 Å². The molecule has 1 aliphatic carbocycles. The van der Waals surface area contributed by atoms with E-state index < -0.39 is 0 Å². The Morgan fingerprint density at radius 3 is 2.31 bits per heavy atom. The quantitative estimate of drug-likeness (QED) is 0.192. The van der Waals surface area contributed by atoms with Crippen LogP contribution < -0.4 is 10.6 Å². The summed E-state index contributed by atoms with van der Waals surface area (Å²) in [6.07, 6.45) is 17.8. The topological polar surface area (TPSA) is 41.6 Å². The first kappa shape index (κ1) is 30.0. The molecule has 0 spiro atoms. The fraction of sp³-hybridized carbons (Fsp3) is 0.361. The predicted octanol–water partition coefficient (Wildman–Crippen LogP) is 9.11. The molecule has 0 aromatic heterocycles. The van der Waals surface area contributed by atoms with Crippen molar-refractivity contribution in [2.75, 3.05) is 17.2 Å². The molecule has 0 amide bonds. The summed E-state index contributed by atoms with van der Waals surface area (Å²) in [6.45, 7) is 18.3. The molecule has 2 aromatic rings. The monoisotopic (exact) mass is 521 g/mol.